The van der Waals surface area contributed by atoms with Crippen molar-refractivity contribution >= 4 is 12.0 Å². The van der Waals surface area contributed by atoms with E-state index in [0.717, 1.165) is 12.8 Å². The summed E-state index contributed by atoms with van der Waals surface area (Å²) in [6, 6.07) is 6.67. The molecule has 3 N–H and O–H groups in total. The van der Waals surface area contributed by atoms with Gasteiger partial charge >= 0.3 is 12.0 Å². The smallest absolute Gasteiger partial charge is 0.326 e. The van der Waals surface area contributed by atoms with E-state index in [0.29, 0.717) is 0 Å². The number of nitrogens with zero attached hydrogens (tertiary/aromatic N) is 1. The molecule has 112 valence electrons. The number of carbonyl (C=O) groups is 2. The van der Waals surface area contributed by atoms with Crippen LogP contribution in [0.15, 0.2) is 24.3 Å². The molecule has 21 heavy (non-hydrogen) atoms. The third-order valence-electron chi connectivity index (χ3n) is 4.20. The second-order valence-electron chi connectivity index (χ2n) is 5.72. The van der Waals surface area contributed by atoms with Crippen LogP contribution in [-0.2, 0) is 17.6 Å². The molecule has 3 rings (SSSR count). The van der Waals surface area contributed by atoms with Crippen LogP contribution in [0.5, 0.6) is 0 Å². The molecule has 6 nitrogen and oxygen atoms in total. The van der Waals surface area contributed by atoms with E-state index in [2.05, 4.69) is 5.32 Å². The molecule has 6 heteroatoms. The maximum Gasteiger partial charge on any atom is 0.326 e. The van der Waals surface area contributed by atoms with Crippen molar-refractivity contribution in [3.8, 4) is 0 Å². The zero-order valence-electron chi connectivity index (χ0n) is 11.5. The highest BCUT2D eigenvalue weighted by atomic mass is 16.4. The van der Waals surface area contributed by atoms with Crippen molar-refractivity contribution < 1.29 is 19.8 Å². The molecule has 0 aromatic heterocycles. The number of carbonyl (C=O) groups excluding carboxylic acids is 1. The number of aliphatic carboxylic acids is 1. The number of urea groups is 1. The summed E-state index contributed by atoms with van der Waals surface area (Å²) >= 11 is 0. The first-order chi connectivity index (χ1) is 10.0. The van der Waals surface area contributed by atoms with Gasteiger partial charge in [0.1, 0.15) is 6.04 Å². The van der Waals surface area contributed by atoms with Gasteiger partial charge in [0.25, 0.3) is 0 Å². The van der Waals surface area contributed by atoms with Gasteiger partial charge < -0.3 is 20.4 Å². The largest absolute Gasteiger partial charge is 0.480 e. The van der Waals surface area contributed by atoms with E-state index >= 15 is 0 Å². The van der Waals surface area contributed by atoms with Gasteiger partial charge in [0.15, 0.2) is 0 Å². The van der Waals surface area contributed by atoms with Crippen molar-refractivity contribution in [3.05, 3.63) is 35.4 Å². The van der Waals surface area contributed by atoms with Crippen LogP contribution < -0.4 is 5.32 Å². The molecule has 2 atom stereocenters. The summed E-state index contributed by atoms with van der Waals surface area (Å²) in [6.45, 7) is 0.0719. The predicted molar refractivity (Wildman–Crippen MR) is 74.9 cm³/mol. The Balaban J connectivity index is 1.64. The van der Waals surface area contributed by atoms with Gasteiger partial charge in [-0.2, -0.15) is 0 Å². The zero-order valence-corrected chi connectivity index (χ0v) is 11.5. The van der Waals surface area contributed by atoms with Crippen LogP contribution in [0, 0.1) is 0 Å². The minimum atomic E-state index is -1.07. The molecule has 0 bridgehead atoms. The van der Waals surface area contributed by atoms with E-state index in [1.54, 1.807) is 0 Å². The number of rotatable bonds is 2. The van der Waals surface area contributed by atoms with Gasteiger partial charge in [-0.25, -0.2) is 9.59 Å². The molecule has 1 fully saturated rings. The van der Waals surface area contributed by atoms with Gasteiger partial charge in [-0.1, -0.05) is 24.3 Å². The van der Waals surface area contributed by atoms with Gasteiger partial charge in [0, 0.05) is 19.0 Å². The molecule has 1 heterocycles. The summed E-state index contributed by atoms with van der Waals surface area (Å²) in [5.41, 5.74) is 2.44. The molecule has 1 aliphatic carbocycles. The van der Waals surface area contributed by atoms with Gasteiger partial charge in [0.2, 0.25) is 0 Å². The first kappa shape index (κ1) is 13.9. The van der Waals surface area contributed by atoms with Gasteiger partial charge in [-0.05, 0) is 24.0 Å². The van der Waals surface area contributed by atoms with Crippen molar-refractivity contribution in [2.75, 3.05) is 6.54 Å². The lowest BCUT2D eigenvalue weighted by atomic mass is 10.1. The van der Waals surface area contributed by atoms with Crippen LogP contribution in [0.2, 0.25) is 0 Å². The maximum atomic E-state index is 12.3. The lowest BCUT2D eigenvalue weighted by Gasteiger charge is -2.23. The molecule has 1 aliphatic heterocycles. The third-order valence-corrected chi connectivity index (χ3v) is 4.20. The molecular formula is C15H18N2O4. The Morgan fingerprint density at radius 1 is 1.19 bits per heavy atom. The highest BCUT2D eigenvalue weighted by Crippen LogP contribution is 2.23. The number of nitrogens with one attached hydrogen (secondary N) is 1. The van der Waals surface area contributed by atoms with Crippen molar-refractivity contribution in [2.24, 2.45) is 0 Å². The molecular weight excluding hydrogens is 272 g/mol. The number of carboxylic acids is 1. The Bertz CT molecular complexity index is 550. The van der Waals surface area contributed by atoms with Gasteiger partial charge in [-0.3, -0.25) is 0 Å². The summed E-state index contributed by atoms with van der Waals surface area (Å²) in [6.07, 6.45) is 0.845. The van der Waals surface area contributed by atoms with E-state index < -0.39 is 24.1 Å². The Morgan fingerprint density at radius 3 is 2.38 bits per heavy atom. The second kappa shape index (κ2) is 5.37. The van der Waals surface area contributed by atoms with Crippen molar-refractivity contribution in [2.45, 2.75) is 37.5 Å². The number of fused-ring (bicyclic) bond motifs is 1. The van der Waals surface area contributed by atoms with E-state index in [9.17, 15) is 14.7 Å². The normalized spacial score (nSPS) is 24.9. The first-order valence-corrected chi connectivity index (χ1v) is 7.09. The van der Waals surface area contributed by atoms with Crippen LogP contribution >= 0.6 is 0 Å². The summed E-state index contributed by atoms with van der Waals surface area (Å²) in [4.78, 5) is 24.6. The molecule has 0 spiro atoms. The quantitative estimate of drug-likeness (QED) is 0.734. The lowest BCUT2D eigenvalue weighted by molar-refractivity contribution is -0.141. The van der Waals surface area contributed by atoms with E-state index in [1.165, 1.54) is 16.0 Å². The number of carboxylic acid groups (broad SMARTS) is 1. The second-order valence-corrected chi connectivity index (χ2v) is 5.72. The summed E-state index contributed by atoms with van der Waals surface area (Å²) < 4.78 is 0. The fraction of sp³-hybridized carbons (Fsp3) is 0.467. The number of hydrogen-bond acceptors (Lipinski definition) is 3. The SMILES string of the molecule is O=C(O)[C@@H]1C[C@@H](O)CN1C(=O)NC1Cc2ccccc2C1. The fourth-order valence-electron chi connectivity index (χ4n) is 3.19. The number of benzene rings is 1. The zero-order chi connectivity index (χ0) is 15.0. The minimum Gasteiger partial charge on any atom is -0.480 e. The Labute approximate surface area is 122 Å². The predicted octanol–water partition coefficient (Wildman–Crippen LogP) is 0.383. The molecule has 0 saturated carbocycles. The lowest BCUT2D eigenvalue weighted by Crippen LogP contribution is -2.49. The number of aliphatic hydroxyl groups excluding tert-OH is 1. The van der Waals surface area contributed by atoms with Crippen LogP contribution in [-0.4, -0.2) is 51.8 Å². The number of likely N-dealkylation sites (tertiary alicyclic amines) is 1. The van der Waals surface area contributed by atoms with Crippen molar-refractivity contribution in [3.63, 3.8) is 0 Å². The van der Waals surface area contributed by atoms with Crippen molar-refractivity contribution in [1.29, 1.82) is 0 Å². The molecule has 0 unspecified atom stereocenters. The summed E-state index contributed by atoms with van der Waals surface area (Å²) in [5, 5.41) is 21.6. The maximum absolute atomic E-state index is 12.3. The molecule has 2 amide bonds. The minimum absolute atomic E-state index is 0.0120. The van der Waals surface area contributed by atoms with Crippen LogP contribution in [0.1, 0.15) is 17.5 Å². The van der Waals surface area contributed by atoms with Crippen LogP contribution in [0.25, 0.3) is 0 Å². The summed E-state index contributed by atoms with van der Waals surface area (Å²) in [7, 11) is 0. The third kappa shape index (κ3) is 2.71. The summed E-state index contributed by atoms with van der Waals surface area (Å²) in [5.74, 6) is -1.07. The van der Waals surface area contributed by atoms with Crippen LogP contribution in [0.4, 0.5) is 4.79 Å². The average molecular weight is 290 g/mol. The number of aliphatic hydroxyl groups is 1. The Hall–Kier alpha value is -2.08. The number of hydrogen-bond donors (Lipinski definition) is 3. The highest BCUT2D eigenvalue weighted by molar-refractivity contribution is 5.83. The topological polar surface area (TPSA) is 89.9 Å². The number of amides is 2. The van der Waals surface area contributed by atoms with Crippen molar-refractivity contribution in [1.82, 2.24) is 10.2 Å². The molecule has 1 aromatic carbocycles. The van der Waals surface area contributed by atoms with Gasteiger partial charge in [0.05, 0.1) is 6.10 Å². The average Bonchev–Trinajstić information content (AvgIpc) is 3.01. The van der Waals surface area contributed by atoms with Gasteiger partial charge in [-0.15, -0.1) is 0 Å². The molecule has 1 saturated heterocycles. The number of β-amino-alcohol motifs (C(OH)–C–C–N with tert-alkyl or cyclic N) is 1. The highest BCUT2D eigenvalue weighted by Gasteiger charge is 2.39. The van der Waals surface area contributed by atoms with E-state index in [1.807, 2.05) is 24.3 Å². The standard InChI is InChI=1S/C15H18N2O4/c18-12-7-13(14(19)20)17(8-12)15(21)16-11-5-9-3-1-2-4-10(9)6-11/h1-4,11-13,18H,5-8H2,(H,16,21)(H,19,20)/t12-,13+/m1/s1. The van der Waals surface area contributed by atoms with Crippen LogP contribution in [0.3, 0.4) is 0 Å². The molecule has 0 radical (unpaired) electrons. The molecule has 1 aromatic rings. The monoisotopic (exact) mass is 290 g/mol. The Morgan fingerprint density at radius 2 is 1.81 bits per heavy atom. The Kier molecular flexibility index (Phi) is 3.55. The fourth-order valence-corrected chi connectivity index (χ4v) is 3.19. The first-order valence-electron chi connectivity index (χ1n) is 7.09. The molecule has 2 aliphatic rings. The van der Waals surface area contributed by atoms with E-state index in [4.69, 9.17) is 5.11 Å². The van der Waals surface area contributed by atoms with E-state index in [-0.39, 0.29) is 19.0 Å².